The third kappa shape index (κ3) is 33.0. The van der Waals surface area contributed by atoms with E-state index in [1.54, 1.807) is 0 Å². The van der Waals surface area contributed by atoms with E-state index in [0.29, 0.717) is 6.42 Å². The number of carbonyl (C=O) groups excluding carboxylic acids is 1. The lowest BCUT2D eigenvalue weighted by Crippen LogP contribution is -2.07. The smallest absolute Gasteiger partial charge is 0.305 e. The fraction of sp³-hybridized carbons (Fsp3) is 0.792. The fourth-order valence-electron chi connectivity index (χ4n) is 2.87. The van der Waals surface area contributed by atoms with Gasteiger partial charge in [-0.25, -0.2) is 0 Å². The summed E-state index contributed by atoms with van der Waals surface area (Å²) < 4.78 is 4.82. The summed E-state index contributed by atoms with van der Waals surface area (Å²) in [6, 6.07) is 0. The van der Waals surface area contributed by atoms with Crippen molar-refractivity contribution in [1.29, 1.82) is 0 Å². The van der Waals surface area contributed by atoms with E-state index in [1.807, 2.05) is 0 Å². The van der Waals surface area contributed by atoms with Gasteiger partial charge in [-0.1, -0.05) is 96.8 Å². The quantitative estimate of drug-likeness (QED) is 0.152. The number of carbonyl (C=O) groups is 1. The maximum Gasteiger partial charge on any atom is 0.305 e. The van der Waals surface area contributed by atoms with Crippen LogP contribution in [0.5, 0.6) is 0 Å². The van der Waals surface area contributed by atoms with E-state index in [2.05, 4.69) is 33.2 Å². The van der Waals surface area contributed by atoms with Gasteiger partial charge in [0.25, 0.3) is 0 Å². The van der Waals surface area contributed by atoms with Crippen LogP contribution in [0.4, 0.5) is 0 Å². The SMILES string of the molecule is C=C.C=C.CCCCCCCCCCCCCCCCCC(=O)OCCO. The molecule has 0 saturated carbocycles. The number of unbranched alkanes of at least 4 members (excludes halogenated alkanes) is 14. The Kier molecular flexibility index (Phi) is 37.0. The standard InChI is InChI=1S/C20H40O3.2C2H4/c1-2-3-4-5-6-7-8-9-10-11-12-13-14-15-16-17-20(22)23-19-18-21;2*1-2/h21H,2-19H2,1H3;2*1-2H2. The highest BCUT2D eigenvalue weighted by Gasteiger charge is 2.01. The summed E-state index contributed by atoms with van der Waals surface area (Å²) in [5.41, 5.74) is 0. The molecule has 1 N–H and O–H groups in total. The number of ether oxygens (including phenoxy) is 1. The average Bonchev–Trinajstić information content (AvgIpc) is 2.72. The molecule has 3 nitrogen and oxygen atoms in total. The molecule has 27 heavy (non-hydrogen) atoms. The highest BCUT2D eigenvalue weighted by Crippen LogP contribution is 2.13. The molecule has 0 heterocycles. The van der Waals surface area contributed by atoms with Gasteiger partial charge in [0.1, 0.15) is 6.61 Å². The van der Waals surface area contributed by atoms with Gasteiger partial charge in [-0.05, 0) is 6.42 Å². The number of hydrogen-bond acceptors (Lipinski definition) is 3. The maximum atomic E-state index is 11.2. The van der Waals surface area contributed by atoms with Crippen molar-refractivity contribution in [1.82, 2.24) is 0 Å². The van der Waals surface area contributed by atoms with Crippen molar-refractivity contribution in [2.75, 3.05) is 13.2 Å². The second-order valence-corrected chi connectivity index (χ2v) is 6.64. The number of hydrogen-bond donors (Lipinski definition) is 1. The van der Waals surface area contributed by atoms with Crippen molar-refractivity contribution in [3.63, 3.8) is 0 Å². The topological polar surface area (TPSA) is 46.5 Å². The van der Waals surface area contributed by atoms with E-state index in [1.165, 1.54) is 83.5 Å². The molecule has 0 rings (SSSR count). The van der Waals surface area contributed by atoms with Crippen molar-refractivity contribution in [2.45, 2.75) is 110 Å². The Morgan fingerprint density at radius 3 is 1.33 bits per heavy atom. The van der Waals surface area contributed by atoms with E-state index in [4.69, 9.17) is 9.84 Å². The molecule has 0 spiro atoms. The predicted octanol–water partition coefficient (Wildman–Crippen LogP) is 7.39. The Morgan fingerprint density at radius 2 is 1.00 bits per heavy atom. The molecule has 0 aromatic rings. The van der Waals surface area contributed by atoms with Crippen LogP contribution in [0.25, 0.3) is 0 Å². The molecular weight excluding hydrogens is 336 g/mol. The first-order valence-corrected chi connectivity index (χ1v) is 11.1. The molecule has 0 radical (unpaired) electrons. The zero-order valence-electron chi connectivity index (χ0n) is 18.3. The van der Waals surface area contributed by atoms with Gasteiger partial charge < -0.3 is 9.84 Å². The molecule has 0 fully saturated rings. The molecule has 162 valence electrons. The van der Waals surface area contributed by atoms with Crippen molar-refractivity contribution < 1.29 is 14.6 Å². The van der Waals surface area contributed by atoms with E-state index >= 15 is 0 Å². The number of aliphatic hydroxyl groups excluding tert-OH is 1. The minimum Gasteiger partial charge on any atom is -0.463 e. The number of rotatable bonds is 18. The molecule has 3 heteroatoms. The first-order valence-electron chi connectivity index (χ1n) is 11.1. The Morgan fingerprint density at radius 1 is 0.667 bits per heavy atom. The Bertz CT molecular complexity index is 264. The summed E-state index contributed by atoms with van der Waals surface area (Å²) in [6.45, 7) is 14.3. The summed E-state index contributed by atoms with van der Waals surface area (Å²) >= 11 is 0. The molecule has 0 atom stereocenters. The lowest BCUT2D eigenvalue weighted by Gasteiger charge is -2.04. The van der Waals surface area contributed by atoms with Crippen LogP contribution in [0.3, 0.4) is 0 Å². The van der Waals surface area contributed by atoms with E-state index in [0.717, 1.165) is 12.8 Å². The lowest BCUT2D eigenvalue weighted by atomic mass is 10.0. The van der Waals surface area contributed by atoms with Crippen molar-refractivity contribution in [3.8, 4) is 0 Å². The molecule has 0 aromatic heterocycles. The Labute approximate surface area is 170 Å². The van der Waals surface area contributed by atoms with Gasteiger partial charge in [0.05, 0.1) is 6.61 Å². The zero-order valence-corrected chi connectivity index (χ0v) is 18.3. The summed E-state index contributed by atoms with van der Waals surface area (Å²) in [6.07, 6.45) is 20.4. The van der Waals surface area contributed by atoms with Gasteiger partial charge in [-0.15, -0.1) is 26.3 Å². The molecule has 0 saturated heterocycles. The first-order chi connectivity index (χ1) is 13.3. The molecule has 0 aromatic carbocycles. The molecule has 0 aliphatic carbocycles. The molecular formula is C24H48O3. The second-order valence-electron chi connectivity index (χ2n) is 6.64. The highest BCUT2D eigenvalue weighted by molar-refractivity contribution is 5.69. The van der Waals surface area contributed by atoms with Gasteiger partial charge in [-0.2, -0.15) is 0 Å². The predicted molar refractivity (Wildman–Crippen MR) is 120 cm³/mol. The average molecular weight is 385 g/mol. The maximum absolute atomic E-state index is 11.2. The van der Waals surface area contributed by atoms with Crippen LogP contribution in [0.2, 0.25) is 0 Å². The van der Waals surface area contributed by atoms with Gasteiger partial charge >= 0.3 is 5.97 Å². The highest BCUT2D eigenvalue weighted by atomic mass is 16.5. The second kappa shape index (κ2) is 32.6. The molecule has 0 aliphatic rings. The van der Waals surface area contributed by atoms with Crippen molar-refractivity contribution in [3.05, 3.63) is 26.3 Å². The summed E-state index contributed by atoms with van der Waals surface area (Å²) in [7, 11) is 0. The molecule has 0 amide bonds. The van der Waals surface area contributed by atoms with E-state index in [9.17, 15) is 4.79 Å². The van der Waals surface area contributed by atoms with Crippen LogP contribution in [0.15, 0.2) is 26.3 Å². The Balaban J connectivity index is -0.00000134. The molecule has 0 aliphatic heterocycles. The summed E-state index contributed by atoms with van der Waals surface area (Å²) in [5.74, 6) is -0.172. The van der Waals surface area contributed by atoms with Crippen LogP contribution in [0, 0.1) is 0 Å². The van der Waals surface area contributed by atoms with Crippen molar-refractivity contribution in [2.24, 2.45) is 0 Å². The van der Waals surface area contributed by atoms with Gasteiger partial charge in [-0.3, -0.25) is 4.79 Å². The summed E-state index contributed by atoms with van der Waals surface area (Å²) in [5, 5.41) is 8.54. The molecule has 0 bridgehead atoms. The third-order valence-electron chi connectivity index (χ3n) is 4.34. The summed E-state index contributed by atoms with van der Waals surface area (Å²) in [4.78, 5) is 11.2. The van der Waals surface area contributed by atoms with Crippen LogP contribution in [-0.4, -0.2) is 24.3 Å². The fourth-order valence-corrected chi connectivity index (χ4v) is 2.87. The third-order valence-corrected chi connectivity index (χ3v) is 4.34. The van der Waals surface area contributed by atoms with Crippen LogP contribution in [-0.2, 0) is 9.53 Å². The minimum absolute atomic E-state index is 0.0788. The van der Waals surface area contributed by atoms with Gasteiger partial charge in [0.2, 0.25) is 0 Å². The first kappa shape index (κ1) is 30.6. The number of esters is 1. The van der Waals surface area contributed by atoms with Gasteiger partial charge in [0.15, 0.2) is 0 Å². The Hall–Kier alpha value is -1.09. The van der Waals surface area contributed by atoms with Crippen LogP contribution in [0.1, 0.15) is 110 Å². The van der Waals surface area contributed by atoms with Crippen LogP contribution >= 0.6 is 0 Å². The van der Waals surface area contributed by atoms with E-state index in [-0.39, 0.29) is 19.2 Å². The minimum atomic E-state index is -0.172. The lowest BCUT2D eigenvalue weighted by molar-refractivity contribution is -0.144. The molecule has 0 unspecified atom stereocenters. The van der Waals surface area contributed by atoms with Crippen molar-refractivity contribution >= 4 is 5.97 Å². The van der Waals surface area contributed by atoms with Gasteiger partial charge in [0, 0.05) is 6.42 Å². The normalized spacial score (nSPS) is 9.56. The van der Waals surface area contributed by atoms with E-state index < -0.39 is 0 Å². The number of aliphatic hydroxyl groups is 1. The zero-order chi connectivity index (χ0) is 21.0. The largest absolute Gasteiger partial charge is 0.463 e. The van der Waals surface area contributed by atoms with Crippen LogP contribution < -0.4 is 0 Å². The monoisotopic (exact) mass is 384 g/mol.